The van der Waals surface area contributed by atoms with E-state index in [4.69, 9.17) is 9.15 Å². The van der Waals surface area contributed by atoms with Crippen LogP contribution in [0.3, 0.4) is 0 Å². The van der Waals surface area contributed by atoms with Crippen molar-refractivity contribution in [3.05, 3.63) is 59.4 Å². The van der Waals surface area contributed by atoms with Crippen molar-refractivity contribution in [3.63, 3.8) is 0 Å². The quantitative estimate of drug-likeness (QED) is 0.590. The molecule has 1 aliphatic rings. The molecule has 0 unspecified atom stereocenters. The molecule has 2 aromatic rings. The van der Waals surface area contributed by atoms with Crippen molar-refractivity contribution in [3.8, 4) is 0 Å². The summed E-state index contributed by atoms with van der Waals surface area (Å²) in [6.07, 6.45) is 5.01. The number of furan rings is 1. The molecular weight excluding hydrogens is 324 g/mol. The molecule has 1 aromatic heterocycles. The van der Waals surface area contributed by atoms with Gasteiger partial charge in [-0.15, -0.1) is 0 Å². The maximum absolute atomic E-state index is 12.7. The lowest BCUT2D eigenvalue weighted by Gasteiger charge is -2.15. The standard InChI is InChI=1S/C18H18N2O3S/c1-2-22-11-9-20-17(21)16(12-14-8-10-23-13-14)24-18(20)19-15-6-4-3-5-7-15/h3-8,10,12-13H,2,9,11H2,1H3/b16-12-,19-18?. The van der Waals surface area contributed by atoms with E-state index < -0.39 is 0 Å². The van der Waals surface area contributed by atoms with Crippen molar-refractivity contribution < 1.29 is 13.9 Å². The van der Waals surface area contributed by atoms with E-state index in [0.717, 1.165) is 11.3 Å². The van der Waals surface area contributed by atoms with Crippen LogP contribution in [-0.4, -0.2) is 35.7 Å². The molecule has 24 heavy (non-hydrogen) atoms. The second-order valence-electron chi connectivity index (χ2n) is 5.05. The van der Waals surface area contributed by atoms with Crippen molar-refractivity contribution in [1.82, 2.24) is 4.90 Å². The number of amidine groups is 1. The lowest BCUT2D eigenvalue weighted by Crippen LogP contribution is -2.32. The zero-order valence-corrected chi connectivity index (χ0v) is 14.2. The number of hydrogen-bond acceptors (Lipinski definition) is 5. The molecule has 0 bridgehead atoms. The highest BCUT2D eigenvalue weighted by molar-refractivity contribution is 8.18. The minimum atomic E-state index is -0.0596. The van der Waals surface area contributed by atoms with Gasteiger partial charge in [-0.3, -0.25) is 9.69 Å². The number of aliphatic imine (C=N–C) groups is 1. The van der Waals surface area contributed by atoms with Gasteiger partial charge in [-0.2, -0.15) is 0 Å². The molecule has 0 radical (unpaired) electrons. The average Bonchev–Trinajstić information content (AvgIpc) is 3.20. The largest absolute Gasteiger partial charge is 0.472 e. The van der Waals surface area contributed by atoms with E-state index in [0.29, 0.717) is 29.8 Å². The summed E-state index contributed by atoms with van der Waals surface area (Å²) in [7, 11) is 0. The lowest BCUT2D eigenvalue weighted by atomic mass is 10.3. The van der Waals surface area contributed by atoms with Gasteiger partial charge in [-0.1, -0.05) is 18.2 Å². The Morgan fingerprint density at radius 3 is 2.83 bits per heavy atom. The van der Waals surface area contributed by atoms with Crippen molar-refractivity contribution in [1.29, 1.82) is 0 Å². The molecule has 0 spiro atoms. The monoisotopic (exact) mass is 342 g/mol. The molecule has 0 saturated carbocycles. The minimum Gasteiger partial charge on any atom is -0.472 e. The van der Waals surface area contributed by atoms with Crippen molar-refractivity contribution in [2.24, 2.45) is 4.99 Å². The summed E-state index contributed by atoms with van der Waals surface area (Å²) in [5, 5.41) is 0.667. The number of carbonyl (C=O) groups is 1. The predicted octanol–water partition coefficient (Wildman–Crippen LogP) is 3.92. The van der Waals surface area contributed by atoms with Gasteiger partial charge < -0.3 is 9.15 Å². The second-order valence-corrected chi connectivity index (χ2v) is 6.06. The van der Waals surface area contributed by atoms with E-state index in [2.05, 4.69) is 4.99 Å². The first-order valence-electron chi connectivity index (χ1n) is 7.73. The normalized spacial score (nSPS) is 18.0. The number of hydrogen-bond donors (Lipinski definition) is 0. The predicted molar refractivity (Wildman–Crippen MR) is 96.0 cm³/mol. The number of carbonyl (C=O) groups excluding carboxylic acids is 1. The van der Waals surface area contributed by atoms with Crippen LogP contribution in [0.1, 0.15) is 12.5 Å². The van der Waals surface area contributed by atoms with Gasteiger partial charge in [0.25, 0.3) is 5.91 Å². The second kappa shape index (κ2) is 7.99. The molecule has 1 amide bonds. The summed E-state index contributed by atoms with van der Waals surface area (Å²) in [6, 6.07) is 11.4. The van der Waals surface area contributed by atoms with Gasteiger partial charge in [-0.05, 0) is 43.0 Å². The maximum atomic E-state index is 12.7. The third-order valence-corrected chi connectivity index (χ3v) is 4.38. The van der Waals surface area contributed by atoms with Crippen LogP contribution >= 0.6 is 11.8 Å². The van der Waals surface area contributed by atoms with Crippen LogP contribution in [0, 0.1) is 0 Å². The number of rotatable bonds is 6. The highest BCUT2D eigenvalue weighted by Crippen LogP contribution is 2.34. The first-order chi connectivity index (χ1) is 11.8. The van der Waals surface area contributed by atoms with Gasteiger partial charge in [0.1, 0.15) is 0 Å². The third-order valence-electron chi connectivity index (χ3n) is 3.37. The van der Waals surface area contributed by atoms with E-state index in [1.807, 2.05) is 49.4 Å². The van der Waals surface area contributed by atoms with Crippen molar-refractivity contribution in [2.45, 2.75) is 6.92 Å². The average molecular weight is 342 g/mol. The Hall–Kier alpha value is -2.31. The molecule has 0 aliphatic carbocycles. The highest BCUT2D eigenvalue weighted by atomic mass is 32.2. The summed E-state index contributed by atoms with van der Waals surface area (Å²) in [5.41, 5.74) is 1.68. The number of amides is 1. The van der Waals surface area contributed by atoms with E-state index in [9.17, 15) is 4.79 Å². The minimum absolute atomic E-state index is 0.0596. The molecule has 124 valence electrons. The zero-order valence-electron chi connectivity index (χ0n) is 13.3. The van der Waals surface area contributed by atoms with Crippen LogP contribution < -0.4 is 0 Å². The fraction of sp³-hybridized carbons (Fsp3) is 0.222. The molecule has 2 heterocycles. The summed E-state index contributed by atoms with van der Waals surface area (Å²) < 4.78 is 10.5. The van der Waals surface area contributed by atoms with Crippen LogP contribution in [0.4, 0.5) is 5.69 Å². The SMILES string of the molecule is CCOCCN1C(=O)/C(=C/c2ccoc2)SC1=Nc1ccccc1. The molecule has 1 aromatic carbocycles. The zero-order chi connectivity index (χ0) is 16.8. The highest BCUT2D eigenvalue weighted by Gasteiger charge is 2.33. The van der Waals surface area contributed by atoms with E-state index in [1.54, 1.807) is 17.4 Å². The maximum Gasteiger partial charge on any atom is 0.266 e. The van der Waals surface area contributed by atoms with Gasteiger partial charge >= 0.3 is 0 Å². The van der Waals surface area contributed by atoms with Crippen LogP contribution in [0.25, 0.3) is 6.08 Å². The number of thioether (sulfide) groups is 1. The van der Waals surface area contributed by atoms with Crippen LogP contribution in [-0.2, 0) is 9.53 Å². The first-order valence-corrected chi connectivity index (χ1v) is 8.54. The molecule has 3 rings (SSSR count). The van der Waals surface area contributed by atoms with Gasteiger partial charge in [0.05, 0.1) is 36.3 Å². The lowest BCUT2D eigenvalue weighted by molar-refractivity contribution is -0.122. The van der Waals surface area contributed by atoms with Gasteiger partial charge in [0.15, 0.2) is 5.17 Å². The summed E-state index contributed by atoms with van der Waals surface area (Å²) >= 11 is 1.37. The molecule has 0 atom stereocenters. The number of para-hydroxylation sites is 1. The van der Waals surface area contributed by atoms with E-state index in [-0.39, 0.29) is 5.91 Å². The molecule has 1 saturated heterocycles. The Kier molecular flexibility index (Phi) is 5.51. The fourth-order valence-electron chi connectivity index (χ4n) is 2.21. The smallest absolute Gasteiger partial charge is 0.266 e. The van der Waals surface area contributed by atoms with E-state index in [1.165, 1.54) is 11.8 Å². The molecule has 1 aliphatic heterocycles. The molecule has 5 nitrogen and oxygen atoms in total. The Morgan fingerprint density at radius 1 is 1.29 bits per heavy atom. The van der Waals surface area contributed by atoms with Gasteiger partial charge in [0, 0.05) is 12.2 Å². The summed E-state index contributed by atoms with van der Waals surface area (Å²) in [4.78, 5) is 19.6. The van der Waals surface area contributed by atoms with Crippen LogP contribution in [0.15, 0.2) is 63.2 Å². The topological polar surface area (TPSA) is 55.0 Å². The first kappa shape index (κ1) is 16.5. The Morgan fingerprint density at radius 2 is 2.12 bits per heavy atom. The summed E-state index contributed by atoms with van der Waals surface area (Å²) in [5.74, 6) is -0.0596. The van der Waals surface area contributed by atoms with Gasteiger partial charge in [0.2, 0.25) is 0 Å². The number of benzene rings is 1. The van der Waals surface area contributed by atoms with Crippen molar-refractivity contribution >= 4 is 34.6 Å². The van der Waals surface area contributed by atoms with Gasteiger partial charge in [-0.25, -0.2) is 4.99 Å². The summed E-state index contributed by atoms with van der Waals surface area (Å²) in [6.45, 7) is 3.52. The Bertz CT molecular complexity index is 739. The Labute approximate surface area is 145 Å². The Balaban J connectivity index is 1.87. The molecule has 0 N–H and O–H groups in total. The fourth-order valence-corrected chi connectivity index (χ4v) is 3.23. The van der Waals surface area contributed by atoms with Crippen LogP contribution in [0.2, 0.25) is 0 Å². The molecule has 1 fully saturated rings. The molecular formula is C18H18N2O3S. The number of ether oxygens (including phenoxy) is 1. The van der Waals surface area contributed by atoms with Crippen molar-refractivity contribution in [2.75, 3.05) is 19.8 Å². The molecule has 6 heteroatoms. The van der Waals surface area contributed by atoms with E-state index >= 15 is 0 Å². The van der Waals surface area contributed by atoms with Crippen LogP contribution in [0.5, 0.6) is 0 Å². The number of nitrogens with zero attached hydrogens (tertiary/aromatic N) is 2. The third kappa shape index (κ3) is 3.96.